The Kier molecular flexibility index (Phi) is 8.06. The Bertz CT molecular complexity index is 708. The van der Waals surface area contributed by atoms with Crippen molar-refractivity contribution in [3.05, 3.63) is 29.8 Å². The van der Waals surface area contributed by atoms with Gasteiger partial charge in [-0.05, 0) is 84.3 Å². The molecule has 2 aliphatic rings. The Morgan fingerprint density at radius 1 is 0.844 bits per heavy atom. The van der Waals surface area contributed by atoms with Crippen LogP contribution in [0.1, 0.15) is 112 Å². The highest BCUT2D eigenvalue weighted by atomic mass is 16.7. The fraction of sp³-hybridized carbons (Fsp3) is 0.800. The summed E-state index contributed by atoms with van der Waals surface area (Å²) in [5, 5.41) is 0. The normalized spacial score (nSPS) is 31.0. The Balaban J connectivity index is 1.74. The Morgan fingerprint density at radius 3 is 1.97 bits per heavy atom. The van der Waals surface area contributed by atoms with Crippen LogP contribution in [0.2, 0.25) is 0 Å². The van der Waals surface area contributed by atoms with Crippen LogP contribution in [-0.2, 0) is 4.74 Å². The molecule has 3 rings (SSSR count). The summed E-state index contributed by atoms with van der Waals surface area (Å²) in [5.41, 5.74) is 1.96. The van der Waals surface area contributed by atoms with Gasteiger partial charge in [0, 0.05) is 5.92 Å². The van der Waals surface area contributed by atoms with Crippen LogP contribution >= 0.6 is 0 Å². The van der Waals surface area contributed by atoms with Gasteiger partial charge in [-0.2, -0.15) is 0 Å². The van der Waals surface area contributed by atoms with Crippen molar-refractivity contribution in [2.24, 2.45) is 34.5 Å². The van der Waals surface area contributed by atoms with E-state index >= 15 is 0 Å². The highest BCUT2D eigenvalue weighted by Crippen LogP contribution is 2.44. The van der Waals surface area contributed by atoms with Crippen LogP contribution in [0.25, 0.3) is 0 Å². The first-order valence-electron chi connectivity index (χ1n) is 13.2. The largest absolute Gasteiger partial charge is 0.465 e. The van der Waals surface area contributed by atoms with E-state index in [0.29, 0.717) is 29.3 Å². The molecule has 1 aromatic rings. The van der Waals surface area contributed by atoms with E-state index in [0.717, 1.165) is 17.6 Å². The van der Waals surface area contributed by atoms with Crippen LogP contribution in [0, 0.1) is 34.5 Å². The van der Waals surface area contributed by atoms with Gasteiger partial charge in [0.1, 0.15) is 5.75 Å². The summed E-state index contributed by atoms with van der Waals surface area (Å²) in [6.45, 7) is 21.2. The fourth-order valence-corrected chi connectivity index (χ4v) is 6.06. The van der Waals surface area contributed by atoms with Crippen molar-refractivity contribution in [3.63, 3.8) is 0 Å². The summed E-state index contributed by atoms with van der Waals surface area (Å²) < 4.78 is 13.3. The van der Waals surface area contributed by atoms with Gasteiger partial charge < -0.3 is 9.47 Å². The van der Waals surface area contributed by atoms with Gasteiger partial charge in [0.15, 0.2) is 0 Å². The van der Waals surface area contributed by atoms with Crippen LogP contribution in [0.4, 0.5) is 0 Å². The topological polar surface area (TPSA) is 18.5 Å². The smallest absolute Gasteiger partial charge is 0.202 e. The van der Waals surface area contributed by atoms with E-state index in [2.05, 4.69) is 86.6 Å². The summed E-state index contributed by atoms with van der Waals surface area (Å²) >= 11 is 0. The van der Waals surface area contributed by atoms with E-state index < -0.39 is 0 Å². The standard InChI is InChI=1S/C30H50O2/c1-20-10-11-24(17-20)28(32-27-18-21(2)16-22(27)3)31-25-14-12-23(13-15-25)26(30(7,8)9)19-29(4,5)6/h12-15,20-22,24,26-28H,10-11,16-19H2,1-9H3. The fourth-order valence-electron chi connectivity index (χ4n) is 6.06. The predicted molar refractivity (Wildman–Crippen MR) is 136 cm³/mol. The minimum atomic E-state index is -0.114. The lowest BCUT2D eigenvalue weighted by Crippen LogP contribution is -2.34. The minimum Gasteiger partial charge on any atom is -0.465 e. The number of benzene rings is 1. The lowest BCUT2D eigenvalue weighted by atomic mass is 9.69. The SMILES string of the molecule is CC1CCC(C(Oc2ccc(C(CC(C)(C)C)C(C)(C)C)cc2)OC2CC(C)CC2C)C1. The van der Waals surface area contributed by atoms with Crippen LogP contribution in [0.3, 0.4) is 0 Å². The molecule has 7 unspecified atom stereocenters. The quantitative estimate of drug-likeness (QED) is 0.393. The lowest BCUT2D eigenvalue weighted by Gasteiger charge is -2.36. The molecule has 0 aliphatic heterocycles. The molecule has 2 nitrogen and oxygen atoms in total. The molecule has 0 aromatic heterocycles. The molecule has 2 saturated carbocycles. The predicted octanol–water partition coefficient (Wildman–Crippen LogP) is 8.84. The molecule has 182 valence electrons. The Morgan fingerprint density at radius 2 is 1.50 bits per heavy atom. The van der Waals surface area contributed by atoms with Crippen LogP contribution in [-0.4, -0.2) is 12.4 Å². The van der Waals surface area contributed by atoms with Crippen LogP contribution in [0.15, 0.2) is 24.3 Å². The molecule has 0 radical (unpaired) electrons. The zero-order valence-corrected chi connectivity index (χ0v) is 22.4. The molecule has 0 N–H and O–H groups in total. The van der Waals surface area contributed by atoms with Crippen molar-refractivity contribution in [1.29, 1.82) is 0 Å². The molecule has 0 heterocycles. The third kappa shape index (κ3) is 6.99. The summed E-state index contributed by atoms with van der Waals surface area (Å²) in [6.07, 6.45) is 7.58. The molecule has 2 fully saturated rings. The minimum absolute atomic E-state index is 0.114. The van der Waals surface area contributed by atoms with Crippen molar-refractivity contribution in [2.45, 2.75) is 119 Å². The highest BCUT2D eigenvalue weighted by Gasteiger charge is 2.37. The molecule has 2 heteroatoms. The second kappa shape index (κ2) is 10.1. The van der Waals surface area contributed by atoms with E-state index in [1.807, 2.05) is 0 Å². The second-order valence-electron chi connectivity index (χ2n) is 13.6. The van der Waals surface area contributed by atoms with Gasteiger partial charge in [0.05, 0.1) is 6.10 Å². The number of ether oxygens (including phenoxy) is 2. The van der Waals surface area contributed by atoms with Gasteiger partial charge in [-0.1, -0.05) is 80.9 Å². The van der Waals surface area contributed by atoms with E-state index in [4.69, 9.17) is 9.47 Å². The molecule has 0 spiro atoms. The van der Waals surface area contributed by atoms with Gasteiger partial charge in [-0.15, -0.1) is 0 Å². The number of hydrogen-bond donors (Lipinski definition) is 0. The van der Waals surface area contributed by atoms with Crippen LogP contribution < -0.4 is 4.74 Å². The summed E-state index contributed by atoms with van der Waals surface area (Å²) in [4.78, 5) is 0. The van der Waals surface area contributed by atoms with Gasteiger partial charge >= 0.3 is 0 Å². The van der Waals surface area contributed by atoms with Crippen molar-refractivity contribution in [2.75, 3.05) is 0 Å². The van der Waals surface area contributed by atoms with Crippen molar-refractivity contribution < 1.29 is 9.47 Å². The van der Waals surface area contributed by atoms with E-state index in [1.54, 1.807) is 0 Å². The summed E-state index contributed by atoms with van der Waals surface area (Å²) in [7, 11) is 0. The van der Waals surface area contributed by atoms with Crippen molar-refractivity contribution in [1.82, 2.24) is 0 Å². The van der Waals surface area contributed by atoms with E-state index in [9.17, 15) is 0 Å². The monoisotopic (exact) mass is 442 g/mol. The second-order valence-corrected chi connectivity index (χ2v) is 13.6. The van der Waals surface area contributed by atoms with Gasteiger partial charge in [-0.25, -0.2) is 0 Å². The maximum absolute atomic E-state index is 6.71. The zero-order valence-electron chi connectivity index (χ0n) is 22.4. The number of rotatable bonds is 7. The Labute approximate surface area is 198 Å². The summed E-state index contributed by atoms with van der Waals surface area (Å²) in [5.74, 6) is 4.16. The van der Waals surface area contributed by atoms with Crippen molar-refractivity contribution >= 4 is 0 Å². The molecule has 32 heavy (non-hydrogen) atoms. The third-order valence-electron chi connectivity index (χ3n) is 7.87. The van der Waals surface area contributed by atoms with Gasteiger partial charge in [-0.3, -0.25) is 0 Å². The summed E-state index contributed by atoms with van der Waals surface area (Å²) in [6, 6.07) is 8.97. The van der Waals surface area contributed by atoms with Gasteiger partial charge in [0.25, 0.3) is 0 Å². The van der Waals surface area contributed by atoms with E-state index in [1.165, 1.54) is 44.1 Å². The zero-order chi connectivity index (χ0) is 23.7. The average molecular weight is 443 g/mol. The third-order valence-corrected chi connectivity index (χ3v) is 7.87. The molecular weight excluding hydrogens is 392 g/mol. The molecule has 0 amide bonds. The molecule has 0 bridgehead atoms. The lowest BCUT2D eigenvalue weighted by molar-refractivity contribution is -0.156. The maximum Gasteiger partial charge on any atom is 0.202 e. The first-order valence-corrected chi connectivity index (χ1v) is 13.2. The van der Waals surface area contributed by atoms with Crippen molar-refractivity contribution in [3.8, 4) is 5.75 Å². The number of hydrogen-bond acceptors (Lipinski definition) is 2. The first kappa shape index (κ1) is 25.6. The molecular formula is C30H50O2. The molecule has 7 atom stereocenters. The molecule has 1 aromatic carbocycles. The average Bonchev–Trinajstić information content (AvgIpc) is 3.23. The van der Waals surface area contributed by atoms with Gasteiger partial charge in [0.2, 0.25) is 6.29 Å². The molecule has 0 saturated heterocycles. The molecule has 2 aliphatic carbocycles. The van der Waals surface area contributed by atoms with E-state index in [-0.39, 0.29) is 11.7 Å². The Hall–Kier alpha value is -1.02. The maximum atomic E-state index is 6.71. The van der Waals surface area contributed by atoms with Crippen LogP contribution in [0.5, 0.6) is 5.75 Å². The highest BCUT2D eigenvalue weighted by molar-refractivity contribution is 5.30. The first-order chi connectivity index (χ1) is 14.8.